The van der Waals surface area contributed by atoms with Crippen LogP contribution in [0.5, 0.6) is 0 Å². The first-order valence-corrected chi connectivity index (χ1v) is 11.6. The number of aromatic nitrogens is 9. The molecule has 0 bridgehead atoms. The molecule has 1 aliphatic heterocycles. The zero-order valence-electron chi connectivity index (χ0n) is 21.6. The van der Waals surface area contributed by atoms with E-state index in [1.54, 1.807) is 81.0 Å². The largest absolute Gasteiger partial charge is 0.473 e. The number of nitrogens with one attached hydrogen (secondary N) is 4. The molecule has 8 heterocycles. The predicted octanol–water partition coefficient (Wildman–Crippen LogP) is 5.85. The van der Waals surface area contributed by atoms with Gasteiger partial charge in [-0.3, -0.25) is 10.1 Å². The van der Waals surface area contributed by atoms with Crippen LogP contribution in [0.1, 0.15) is 6.42 Å². The highest BCUT2D eigenvalue weighted by molar-refractivity contribution is 5.62. The summed E-state index contributed by atoms with van der Waals surface area (Å²) in [5.74, 6) is 0. The Kier molecular flexibility index (Phi) is 23.4. The molecule has 1 aliphatic rings. The summed E-state index contributed by atoms with van der Waals surface area (Å²) < 4.78 is 13.5. The molecule has 13 nitrogen and oxygen atoms in total. The molecule has 0 spiro atoms. The molecular weight excluding hydrogens is 512 g/mol. The smallest absolute Gasteiger partial charge is 0.180 e. The van der Waals surface area contributed by atoms with Gasteiger partial charge in [0.15, 0.2) is 12.8 Å². The van der Waals surface area contributed by atoms with Crippen LogP contribution in [0, 0.1) is 0 Å². The van der Waals surface area contributed by atoms with E-state index in [4.69, 9.17) is 0 Å². The standard InChI is InChI=1S/2C4H5N.C4H4O.3C3H4N2.2C3H3NO/c3*1-2-4-5-3-1;2*1-2-5-3-4-1;1-2-4-5-3-1;2*1-2-5-3-4-1/h1,3-4H,2H2;1-5H;1-4H;3*1-3H,(H,4,5);2*1-3H. The molecule has 8 rings (SSSR count). The van der Waals surface area contributed by atoms with Gasteiger partial charge in [0.05, 0.1) is 37.6 Å². The summed E-state index contributed by atoms with van der Waals surface area (Å²) in [7, 11) is 0. The monoisotopic (exact) mass is 544 g/mol. The van der Waals surface area contributed by atoms with Crippen LogP contribution in [0.15, 0.2) is 173 Å². The van der Waals surface area contributed by atoms with Gasteiger partial charge in [0.2, 0.25) is 0 Å². The molecule has 7 aromatic rings. The molecule has 0 atom stereocenters. The zero-order chi connectivity index (χ0) is 28.3. The van der Waals surface area contributed by atoms with E-state index in [2.05, 4.69) is 63.3 Å². The van der Waals surface area contributed by atoms with E-state index in [1.165, 1.54) is 25.3 Å². The van der Waals surface area contributed by atoms with Crippen molar-refractivity contribution < 1.29 is 13.3 Å². The topological polar surface area (TPSA) is 179 Å². The van der Waals surface area contributed by atoms with Crippen LogP contribution in [0.4, 0.5) is 0 Å². The van der Waals surface area contributed by atoms with Gasteiger partial charge in [0.25, 0.3) is 0 Å². The van der Waals surface area contributed by atoms with Gasteiger partial charge >= 0.3 is 0 Å². The van der Waals surface area contributed by atoms with Crippen LogP contribution < -0.4 is 0 Å². The lowest BCUT2D eigenvalue weighted by Gasteiger charge is -1.54. The summed E-state index contributed by atoms with van der Waals surface area (Å²) in [5.41, 5.74) is 0. The minimum absolute atomic E-state index is 1.03. The van der Waals surface area contributed by atoms with E-state index in [9.17, 15) is 0 Å². The van der Waals surface area contributed by atoms with Crippen molar-refractivity contribution in [3.63, 3.8) is 0 Å². The maximum absolute atomic E-state index is 4.58. The second kappa shape index (κ2) is 29.3. The first-order chi connectivity index (χ1) is 20.0. The second-order valence-corrected chi connectivity index (χ2v) is 6.27. The molecule has 13 heteroatoms. The third-order valence-corrected chi connectivity index (χ3v) is 3.37. The molecule has 0 unspecified atom stereocenters. The minimum atomic E-state index is 1.03. The molecule has 0 fully saturated rings. The number of aromatic amines is 4. The summed E-state index contributed by atoms with van der Waals surface area (Å²) in [6, 6.07) is 9.39. The quantitative estimate of drug-likeness (QED) is 0.183. The second-order valence-electron chi connectivity index (χ2n) is 6.27. The van der Waals surface area contributed by atoms with Gasteiger partial charge in [0.1, 0.15) is 12.5 Å². The fourth-order valence-electron chi connectivity index (χ4n) is 1.81. The average Bonchev–Trinajstić information content (AvgIpc) is 3.95. The van der Waals surface area contributed by atoms with E-state index in [0.29, 0.717) is 0 Å². The lowest BCUT2D eigenvalue weighted by Crippen LogP contribution is -1.53. The van der Waals surface area contributed by atoms with Gasteiger partial charge in [0, 0.05) is 68.4 Å². The number of H-pyrrole nitrogens is 4. The van der Waals surface area contributed by atoms with Crippen molar-refractivity contribution >= 4 is 6.21 Å². The highest BCUT2D eigenvalue weighted by Gasteiger charge is 1.73. The Balaban J connectivity index is 0.000000229. The van der Waals surface area contributed by atoms with Crippen molar-refractivity contribution in [1.29, 1.82) is 0 Å². The fraction of sp³-hybridized carbons (Fsp3) is 0.0370. The average molecular weight is 545 g/mol. The van der Waals surface area contributed by atoms with Crippen LogP contribution in [-0.2, 0) is 0 Å². The molecule has 40 heavy (non-hydrogen) atoms. The SMILES string of the molecule is C1=CN=CC1.c1c[nH]cn1.c1c[nH]cn1.c1cc[nH]c1.c1ccoc1.c1cn[nH]c1.c1cocn1.c1cocn1. The molecule has 0 amide bonds. The molecule has 7 aromatic heterocycles. The van der Waals surface area contributed by atoms with Crippen molar-refractivity contribution in [2.24, 2.45) is 4.99 Å². The number of hydrogen-bond donors (Lipinski definition) is 4. The third-order valence-electron chi connectivity index (χ3n) is 3.37. The Morgan fingerprint density at radius 2 is 1.18 bits per heavy atom. The Morgan fingerprint density at radius 3 is 1.32 bits per heavy atom. The Morgan fingerprint density at radius 1 is 0.525 bits per heavy atom. The van der Waals surface area contributed by atoms with Crippen molar-refractivity contribution in [3.05, 3.63) is 155 Å². The highest BCUT2D eigenvalue weighted by atomic mass is 16.3. The number of aliphatic imine (C=N–C) groups is 1. The van der Waals surface area contributed by atoms with Gasteiger partial charge in [-0.2, -0.15) is 5.10 Å². The van der Waals surface area contributed by atoms with E-state index in [0.717, 1.165) is 6.42 Å². The molecule has 0 aliphatic carbocycles. The van der Waals surface area contributed by atoms with E-state index in [-0.39, 0.29) is 0 Å². The summed E-state index contributed by atoms with van der Waals surface area (Å²) in [6.45, 7) is 0. The summed E-state index contributed by atoms with van der Waals surface area (Å²) in [5, 5.41) is 6.21. The number of furan rings is 1. The molecule has 4 N–H and O–H groups in total. The summed E-state index contributed by atoms with van der Waals surface area (Å²) >= 11 is 0. The van der Waals surface area contributed by atoms with Crippen LogP contribution in [0.3, 0.4) is 0 Å². The minimum Gasteiger partial charge on any atom is -0.473 e. The Hall–Kier alpha value is -5.98. The number of allylic oxidation sites excluding steroid dienone is 1. The summed E-state index contributed by atoms with van der Waals surface area (Å²) in [6.07, 6.45) is 36.3. The van der Waals surface area contributed by atoms with Crippen LogP contribution in [0.25, 0.3) is 0 Å². The van der Waals surface area contributed by atoms with Crippen molar-refractivity contribution in [2.45, 2.75) is 6.42 Å². The Labute approximate surface area is 231 Å². The molecule has 0 saturated heterocycles. The van der Waals surface area contributed by atoms with Crippen LogP contribution >= 0.6 is 0 Å². The zero-order valence-corrected chi connectivity index (χ0v) is 21.6. The van der Waals surface area contributed by atoms with Crippen molar-refractivity contribution in [1.82, 2.24) is 45.1 Å². The predicted molar refractivity (Wildman–Crippen MR) is 151 cm³/mol. The number of nitrogens with zero attached hydrogens (tertiary/aromatic N) is 6. The lowest BCUT2D eigenvalue weighted by atomic mass is 10.5. The van der Waals surface area contributed by atoms with Gasteiger partial charge in [-0.05, 0) is 30.3 Å². The number of hydrogen-bond acceptors (Lipinski definition) is 9. The van der Waals surface area contributed by atoms with Crippen molar-refractivity contribution in [2.75, 3.05) is 0 Å². The van der Waals surface area contributed by atoms with Crippen LogP contribution in [-0.4, -0.2) is 51.3 Å². The first-order valence-electron chi connectivity index (χ1n) is 11.6. The normalized spacial score (nSPS) is 9.20. The molecule has 0 saturated carbocycles. The van der Waals surface area contributed by atoms with Crippen LogP contribution in [0.2, 0.25) is 0 Å². The highest BCUT2D eigenvalue weighted by Crippen LogP contribution is 1.86. The van der Waals surface area contributed by atoms with Gasteiger partial charge in [-0.1, -0.05) is 6.08 Å². The van der Waals surface area contributed by atoms with E-state index >= 15 is 0 Å². The molecule has 0 aromatic carbocycles. The maximum atomic E-state index is 4.58. The van der Waals surface area contributed by atoms with Crippen molar-refractivity contribution in [3.8, 4) is 0 Å². The molecule has 208 valence electrons. The Bertz CT molecular complexity index is 859. The van der Waals surface area contributed by atoms with Gasteiger partial charge < -0.3 is 28.2 Å². The third kappa shape index (κ3) is 26.6. The number of rotatable bonds is 0. The van der Waals surface area contributed by atoms with E-state index < -0.39 is 0 Å². The molecular formula is C27H32N10O3. The lowest BCUT2D eigenvalue weighted by molar-refractivity contribution is 0.557. The maximum Gasteiger partial charge on any atom is 0.180 e. The number of oxazole rings is 2. The first kappa shape index (κ1) is 32.0. The molecule has 0 radical (unpaired) electrons. The van der Waals surface area contributed by atoms with E-state index in [1.807, 2.05) is 55.0 Å². The fourth-order valence-corrected chi connectivity index (χ4v) is 1.81. The summed E-state index contributed by atoms with van der Waals surface area (Å²) in [4.78, 5) is 26.6. The van der Waals surface area contributed by atoms with Gasteiger partial charge in [-0.25, -0.2) is 19.9 Å². The van der Waals surface area contributed by atoms with Gasteiger partial charge in [-0.15, -0.1) is 0 Å². The number of imidazole rings is 2.